The second kappa shape index (κ2) is 6.87. The van der Waals surface area contributed by atoms with Crippen molar-refractivity contribution < 1.29 is 9.72 Å². The number of hydrogen-bond donors (Lipinski definition) is 1. The van der Waals surface area contributed by atoms with Crippen molar-refractivity contribution in [2.45, 2.75) is 0 Å². The molecule has 0 radical (unpaired) electrons. The van der Waals surface area contributed by atoms with Gasteiger partial charge in [-0.25, -0.2) is 0 Å². The van der Waals surface area contributed by atoms with Gasteiger partial charge in [-0.15, -0.1) is 0 Å². The minimum atomic E-state index is -0.507. The summed E-state index contributed by atoms with van der Waals surface area (Å²) in [4.78, 5) is 21.8. The Bertz CT molecular complexity index is 698. The Morgan fingerprint density at radius 3 is 2.38 bits per heavy atom. The highest BCUT2D eigenvalue weighted by molar-refractivity contribution is 5.94. The zero-order valence-corrected chi connectivity index (χ0v) is 11.1. The van der Waals surface area contributed by atoms with Gasteiger partial charge in [0.1, 0.15) is 0 Å². The van der Waals surface area contributed by atoms with Crippen molar-refractivity contribution in [1.29, 1.82) is 0 Å². The van der Waals surface area contributed by atoms with Gasteiger partial charge in [-0.2, -0.15) is 0 Å². The molecule has 0 aliphatic rings. The van der Waals surface area contributed by atoms with Crippen LogP contribution in [0.5, 0.6) is 0 Å². The monoisotopic (exact) mass is 280 g/mol. The molecular formula is C16H12N2O3. The Kier molecular flexibility index (Phi) is 4.67. The van der Waals surface area contributed by atoms with Crippen LogP contribution in [0.3, 0.4) is 0 Å². The maximum absolute atomic E-state index is 11.8. The van der Waals surface area contributed by atoms with Gasteiger partial charge in [0.15, 0.2) is 0 Å². The maximum Gasteiger partial charge on any atom is 0.269 e. The van der Waals surface area contributed by atoms with Crippen LogP contribution in [0.25, 0.3) is 0 Å². The molecule has 0 fully saturated rings. The third-order valence-corrected chi connectivity index (χ3v) is 2.68. The van der Waals surface area contributed by atoms with E-state index in [1.54, 1.807) is 0 Å². The van der Waals surface area contributed by atoms with Gasteiger partial charge in [0.2, 0.25) is 0 Å². The van der Waals surface area contributed by atoms with E-state index in [1.807, 2.05) is 30.3 Å². The summed E-state index contributed by atoms with van der Waals surface area (Å²) in [5.74, 6) is 5.45. The van der Waals surface area contributed by atoms with Crippen LogP contribution in [0.15, 0.2) is 54.6 Å². The van der Waals surface area contributed by atoms with E-state index >= 15 is 0 Å². The molecule has 5 nitrogen and oxygen atoms in total. The number of rotatable bonds is 3. The summed E-state index contributed by atoms with van der Waals surface area (Å²) >= 11 is 0. The summed E-state index contributed by atoms with van der Waals surface area (Å²) in [5.41, 5.74) is 1.19. The Labute approximate surface area is 121 Å². The average molecular weight is 280 g/mol. The highest BCUT2D eigenvalue weighted by Crippen LogP contribution is 2.11. The van der Waals surface area contributed by atoms with Crippen LogP contribution in [0.4, 0.5) is 5.69 Å². The van der Waals surface area contributed by atoms with Gasteiger partial charge in [-0.05, 0) is 24.3 Å². The fourth-order valence-corrected chi connectivity index (χ4v) is 1.63. The van der Waals surface area contributed by atoms with Crippen LogP contribution in [0, 0.1) is 22.0 Å². The highest BCUT2D eigenvalue weighted by atomic mass is 16.6. The van der Waals surface area contributed by atoms with Gasteiger partial charge in [-0.1, -0.05) is 30.0 Å². The van der Waals surface area contributed by atoms with Gasteiger partial charge < -0.3 is 5.32 Å². The number of nitrogens with zero attached hydrogens (tertiary/aromatic N) is 1. The fourth-order valence-electron chi connectivity index (χ4n) is 1.63. The van der Waals surface area contributed by atoms with Crippen molar-refractivity contribution in [2.75, 3.05) is 6.54 Å². The SMILES string of the molecule is O=C(NCC#Cc1ccccc1)c1ccc([N+](=O)[O-])cc1. The highest BCUT2D eigenvalue weighted by Gasteiger charge is 2.08. The van der Waals surface area contributed by atoms with Crippen LogP contribution in [0.1, 0.15) is 15.9 Å². The molecule has 0 heterocycles. The van der Waals surface area contributed by atoms with E-state index in [0.717, 1.165) is 5.56 Å². The number of benzene rings is 2. The third-order valence-electron chi connectivity index (χ3n) is 2.68. The van der Waals surface area contributed by atoms with Crippen molar-refractivity contribution in [3.8, 4) is 11.8 Å². The fraction of sp³-hybridized carbons (Fsp3) is 0.0625. The average Bonchev–Trinajstić information content (AvgIpc) is 2.52. The van der Waals surface area contributed by atoms with Crippen molar-refractivity contribution in [2.24, 2.45) is 0 Å². The molecule has 0 aromatic heterocycles. The minimum Gasteiger partial charge on any atom is -0.341 e. The van der Waals surface area contributed by atoms with Crippen molar-refractivity contribution in [1.82, 2.24) is 5.32 Å². The molecule has 2 rings (SSSR count). The Morgan fingerprint density at radius 1 is 1.10 bits per heavy atom. The molecule has 5 heteroatoms. The number of nitro benzene ring substituents is 1. The predicted octanol–water partition coefficient (Wildman–Crippen LogP) is 2.38. The minimum absolute atomic E-state index is 0.0459. The van der Waals surface area contributed by atoms with Gasteiger partial charge in [-0.3, -0.25) is 14.9 Å². The lowest BCUT2D eigenvalue weighted by Crippen LogP contribution is -2.23. The first kappa shape index (κ1) is 14.3. The number of non-ortho nitro benzene ring substituents is 1. The molecule has 1 N–H and O–H groups in total. The second-order valence-corrected chi connectivity index (χ2v) is 4.15. The largest absolute Gasteiger partial charge is 0.341 e. The van der Waals surface area contributed by atoms with E-state index in [1.165, 1.54) is 24.3 Å². The maximum atomic E-state index is 11.8. The van der Waals surface area contributed by atoms with Gasteiger partial charge in [0, 0.05) is 23.3 Å². The number of carbonyl (C=O) groups excluding carboxylic acids is 1. The first-order valence-electron chi connectivity index (χ1n) is 6.23. The van der Waals surface area contributed by atoms with E-state index in [9.17, 15) is 14.9 Å². The number of carbonyl (C=O) groups is 1. The Hall–Kier alpha value is -3.13. The number of nitro groups is 1. The molecule has 0 aliphatic carbocycles. The molecular weight excluding hydrogens is 268 g/mol. The lowest BCUT2D eigenvalue weighted by atomic mass is 10.2. The molecule has 0 atom stereocenters. The Balaban J connectivity index is 1.90. The van der Waals surface area contributed by atoms with Crippen molar-refractivity contribution >= 4 is 11.6 Å². The summed E-state index contributed by atoms with van der Waals surface area (Å²) in [7, 11) is 0. The number of amides is 1. The molecule has 0 saturated heterocycles. The quantitative estimate of drug-likeness (QED) is 0.533. The first-order valence-corrected chi connectivity index (χ1v) is 6.23. The van der Waals surface area contributed by atoms with Crippen LogP contribution < -0.4 is 5.32 Å². The van der Waals surface area contributed by atoms with Crippen LogP contribution in [-0.4, -0.2) is 17.4 Å². The summed E-state index contributed by atoms with van der Waals surface area (Å²) < 4.78 is 0. The number of nitrogens with one attached hydrogen (secondary N) is 1. The molecule has 2 aromatic rings. The second-order valence-electron chi connectivity index (χ2n) is 4.15. The molecule has 1 amide bonds. The summed E-state index contributed by atoms with van der Waals surface area (Å²) in [6.45, 7) is 0.213. The molecule has 0 spiro atoms. The normalized spacial score (nSPS) is 9.33. The van der Waals surface area contributed by atoms with Crippen molar-refractivity contribution in [3.05, 3.63) is 75.8 Å². The van der Waals surface area contributed by atoms with E-state index < -0.39 is 4.92 Å². The zero-order valence-electron chi connectivity index (χ0n) is 11.1. The van der Waals surface area contributed by atoms with Crippen LogP contribution in [-0.2, 0) is 0 Å². The van der Waals surface area contributed by atoms with E-state index in [0.29, 0.717) is 5.56 Å². The molecule has 0 aliphatic heterocycles. The number of hydrogen-bond acceptors (Lipinski definition) is 3. The molecule has 0 unspecified atom stereocenters. The third kappa shape index (κ3) is 4.18. The van der Waals surface area contributed by atoms with Gasteiger partial charge >= 0.3 is 0 Å². The lowest BCUT2D eigenvalue weighted by molar-refractivity contribution is -0.384. The molecule has 0 bridgehead atoms. The molecule has 2 aromatic carbocycles. The van der Waals surface area contributed by atoms with Gasteiger partial charge in [0.05, 0.1) is 11.5 Å². The van der Waals surface area contributed by atoms with Crippen molar-refractivity contribution in [3.63, 3.8) is 0 Å². The van der Waals surface area contributed by atoms with E-state index in [4.69, 9.17) is 0 Å². The topological polar surface area (TPSA) is 72.2 Å². The van der Waals surface area contributed by atoms with Crippen LogP contribution in [0.2, 0.25) is 0 Å². The summed E-state index contributed by atoms with van der Waals surface area (Å²) in [6.07, 6.45) is 0. The smallest absolute Gasteiger partial charge is 0.269 e. The molecule has 0 saturated carbocycles. The lowest BCUT2D eigenvalue weighted by Gasteiger charge is -2.00. The Morgan fingerprint density at radius 2 is 1.76 bits per heavy atom. The summed E-state index contributed by atoms with van der Waals surface area (Å²) in [5, 5.41) is 13.1. The van der Waals surface area contributed by atoms with E-state index in [2.05, 4.69) is 17.2 Å². The standard InChI is InChI=1S/C16H12N2O3/c19-16(14-8-10-15(11-9-14)18(20)21)17-12-4-7-13-5-2-1-3-6-13/h1-3,5-6,8-11H,12H2,(H,17,19). The van der Waals surface area contributed by atoms with E-state index in [-0.39, 0.29) is 18.1 Å². The zero-order chi connectivity index (χ0) is 15.1. The van der Waals surface area contributed by atoms with Crippen LogP contribution >= 0.6 is 0 Å². The molecule has 21 heavy (non-hydrogen) atoms. The summed E-state index contributed by atoms with van der Waals surface area (Å²) in [6, 6.07) is 14.9. The first-order chi connectivity index (χ1) is 10.2. The molecule has 104 valence electrons. The van der Waals surface area contributed by atoms with Gasteiger partial charge in [0.25, 0.3) is 11.6 Å². The predicted molar refractivity (Wildman–Crippen MR) is 78.7 cm³/mol.